The minimum Gasteiger partial charge on any atom is -0.489 e. The molecule has 160 valence electrons. The smallest absolute Gasteiger partial charge is 0.223 e. The Labute approximate surface area is 179 Å². The lowest BCUT2D eigenvalue weighted by Crippen LogP contribution is -2.42. The van der Waals surface area contributed by atoms with Crippen molar-refractivity contribution in [2.24, 2.45) is 4.99 Å². The molecular weight excluding hydrogens is 376 g/mol. The van der Waals surface area contributed by atoms with Crippen LogP contribution in [0.15, 0.2) is 53.5 Å². The van der Waals surface area contributed by atoms with E-state index in [1.165, 1.54) is 11.1 Å². The second-order valence-electron chi connectivity index (χ2n) is 7.70. The molecule has 0 radical (unpaired) electrons. The van der Waals surface area contributed by atoms with Gasteiger partial charge in [-0.25, -0.2) is 0 Å². The van der Waals surface area contributed by atoms with Gasteiger partial charge in [0.25, 0.3) is 0 Å². The molecule has 1 heterocycles. The Bertz CT molecular complexity index is 856. The summed E-state index contributed by atoms with van der Waals surface area (Å²) in [6.45, 7) is 6.85. The zero-order chi connectivity index (χ0) is 21.3. The van der Waals surface area contributed by atoms with E-state index in [2.05, 4.69) is 27.8 Å². The van der Waals surface area contributed by atoms with Crippen LogP contribution in [0, 0.1) is 6.92 Å². The molecular formula is C24H32N4O2. The lowest BCUT2D eigenvalue weighted by atomic mass is 10.1. The molecule has 0 saturated carbocycles. The quantitative estimate of drug-likeness (QED) is 0.400. The van der Waals surface area contributed by atoms with Crippen molar-refractivity contribution in [1.82, 2.24) is 15.5 Å². The summed E-state index contributed by atoms with van der Waals surface area (Å²) in [5.74, 6) is 1.82. The molecule has 0 spiro atoms. The first-order valence-corrected chi connectivity index (χ1v) is 10.6. The maximum absolute atomic E-state index is 12.5. The van der Waals surface area contributed by atoms with Crippen molar-refractivity contribution in [3.05, 3.63) is 65.2 Å². The Morgan fingerprint density at radius 1 is 1.10 bits per heavy atom. The van der Waals surface area contributed by atoms with Crippen LogP contribution in [-0.4, -0.2) is 43.0 Å². The molecule has 0 aromatic heterocycles. The fourth-order valence-electron chi connectivity index (χ4n) is 3.52. The Hall–Kier alpha value is -3.02. The highest BCUT2D eigenvalue weighted by molar-refractivity contribution is 5.80. The first-order chi connectivity index (χ1) is 14.6. The van der Waals surface area contributed by atoms with E-state index in [0.717, 1.165) is 36.8 Å². The van der Waals surface area contributed by atoms with Crippen LogP contribution in [0.25, 0.3) is 0 Å². The maximum atomic E-state index is 12.5. The average molecular weight is 409 g/mol. The lowest BCUT2D eigenvalue weighted by Gasteiger charge is -2.19. The highest BCUT2D eigenvalue weighted by atomic mass is 16.5. The number of fused-ring (bicyclic) bond motifs is 1. The Morgan fingerprint density at radius 2 is 1.77 bits per heavy atom. The minimum absolute atomic E-state index is 0.00280. The molecule has 1 atom stereocenters. The van der Waals surface area contributed by atoms with E-state index in [0.29, 0.717) is 19.5 Å². The number of benzene rings is 2. The molecule has 2 aromatic rings. The summed E-state index contributed by atoms with van der Waals surface area (Å²) in [7, 11) is 1.74. The number of ether oxygens (including phenoxy) is 1. The van der Waals surface area contributed by atoms with E-state index in [4.69, 9.17) is 4.74 Å². The van der Waals surface area contributed by atoms with Crippen LogP contribution in [0.5, 0.6) is 5.75 Å². The van der Waals surface area contributed by atoms with Crippen molar-refractivity contribution in [3.63, 3.8) is 0 Å². The van der Waals surface area contributed by atoms with E-state index in [1.54, 1.807) is 7.05 Å². The van der Waals surface area contributed by atoms with Crippen LogP contribution in [0.1, 0.15) is 36.5 Å². The molecule has 6 nitrogen and oxygen atoms in total. The summed E-state index contributed by atoms with van der Waals surface area (Å²) in [6, 6.07) is 16.3. The van der Waals surface area contributed by atoms with Gasteiger partial charge in [-0.05, 0) is 43.0 Å². The van der Waals surface area contributed by atoms with Gasteiger partial charge in [0.1, 0.15) is 11.9 Å². The van der Waals surface area contributed by atoms with E-state index < -0.39 is 0 Å². The standard InChI is InChI=1S/C24H32N4O2/c1-18-9-4-7-12-22(18)30-19(2)15-27-24(25-3)26-14-8-13-23(29)28-16-20-10-5-6-11-21(20)17-28/h4-7,9-12,19H,8,13-17H2,1-3H3,(H2,25,26,27). The number of nitrogens with one attached hydrogen (secondary N) is 2. The zero-order valence-electron chi connectivity index (χ0n) is 18.1. The molecule has 0 bridgehead atoms. The molecule has 6 heteroatoms. The van der Waals surface area contributed by atoms with Gasteiger partial charge in [-0.2, -0.15) is 0 Å². The van der Waals surface area contributed by atoms with Crippen molar-refractivity contribution >= 4 is 11.9 Å². The third-order valence-corrected chi connectivity index (χ3v) is 5.26. The second-order valence-corrected chi connectivity index (χ2v) is 7.70. The Balaban J connectivity index is 1.33. The van der Waals surface area contributed by atoms with Crippen LogP contribution in [0.3, 0.4) is 0 Å². The Morgan fingerprint density at radius 3 is 2.43 bits per heavy atom. The topological polar surface area (TPSA) is 66.0 Å². The predicted molar refractivity (Wildman–Crippen MR) is 121 cm³/mol. The number of carbonyl (C=O) groups is 1. The lowest BCUT2D eigenvalue weighted by molar-refractivity contribution is -0.131. The molecule has 2 N–H and O–H groups in total. The normalized spacial score (nSPS) is 14.2. The molecule has 2 aromatic carbocycles. The first-order valence-electron chi connectivity index (χ1n) is 10.6. The van der Waals surface area contributed by atoms with Crippen molar-refractivity contribution < 1.29 is 9.53 Å². The molecule has 3 rings (SSSR count). The fraction of sp³-hybridized carbons (Fsp3) is 0.417. The van der Waals surface area contributed by atoms with Gasteiger partial charge in [-0.15, -0.1) is 0 Å². The number of nitrogens with zero attached hydrogens (tertiary/aromatic N) is 2. The van der Waals surface area contributed by atoms with Crippen LogP contribution in [-0.2, 0) is 17.9 Å². The molecule has 30 heavy (non-hydrogen) atoms. The van der Waals surface area contributed by atoms with Gasteiger partial charge >= 0.3 is 0 Å². The summed E-state index contributed by atoms with van der Waals surface area (Å²) in [5, 5.41) is 6.56. The number of aliphatic imine (C=N–C) groups is 1. The van der Waals surface area contributed by atoms with Gasteiger partial charge < -0.3 is 20.3 Å². The van der Waals surface area contributed by atoms with Crippen LogP contribution in [0.4, 0.5) is 0 Å². The number of rotatable bonds is 8. The SMILES string of the molecule is CN=C(NCCCC(=O)N1Cc2ccccc2C1)NCC(C)Oc1ccccc1C. The number of para-hydroxylation sites is 1. The highest BCUT2D eigenvalue weighted by Gasteiger charge is 2.22. The van der Waals surface area contributed by atoms with Crippen LogP contribution in [0.2, 0.25) is 0 Å². The molecule has 0 fully saturated rings. The molecule has 1 amide bonds. The van der Waals surface area contributed by atoms with E-state index >= 15 is 0 Å². The van der Waals surface area contributed by atoms with Crippen LogP contribution < -0.4 is 15.4 Å². The number of hydrogen-bond donors (Lipinski definition) is 2. The van der Waals surface area contributed by atoms with Gasteiger partial charge in [0.05, 0.1) is 6.54 Å². The molecule has 1 aliphatic rings. The van der Waals surface area contributed by atoms with E-state index in [9.17, 15) is 4.79 Å². The number of carbonyl (C=O) groups excluding carboxylic acids is 1. The third-order valence-electron chi connectivity index (χ3n) is 5.26. The van der Waals surface area contributed by atoms with Gasteiger partial charge in [0.2, 0.25) is 5.91 Å². The summed E-state index contributed by atoms with van der Waals surface area (Å²) in [5.41, 5.74) is 3.64. The van der Waals surface area contributed by atoms with Gasteiger partial charge in [-0.3, -0.25) is 9.79 Å². The number of hydrogen-bond acceptors (Lipinski definition) is 3. The van der Waals surface area contributed by atoms with Gasteiger partial charge in [-0.1, -0.05) is 42.5 Å². The second kappa shape index (κ2) is 10.7. The molecule has 1 aliphatic heterocycles. The summed E-state index contributed by atoms with van der Waals surface area (Å²) in [6.07, 6.45) is 1.30. The molecule has 0 saturated heterocycles. The summed E-state index contributed by atoms with van der Waals surface area (Å²) < 4.78 is 5.99. The number of aryl methyl sites for hydroxylation is 1. The maximum Gasteiger partial charge on any atom is 0.223 e. The van der Waals surface area contributed by atoms with Crippen molar-refractivity contribution in [3.8, 4) is 5.75 Å². The molecule has 0 aliphatic carbocycles. The third kappa shape index (κ3) is 5.99. The monoisotopic (exact) mass is 408 g/mol. The zero-order valence-corrected chi connectivity index (χ0v) is 18.1. The number of guanidine groups is 1. The van der Waals surface area contributed by atoms with E-state index in [-0.39, 0.29) is 12.0 Å². The van der Waals surface area contributed by atoms with Crippen molar-refractivity contribution in [2.75, 3.05) is 20.1 Å². The minimum atomic E-state index is 0.00280. The van der Waals surface area contributed by atoms with Gasteiger partial charge in [0.15, 0.2) is 5.96 Å². The van der Waals surface area contributed by atoms with E-state index in [1.807, 2.05) is 55.1 Å². The Kier molecular flexibility index (Phi) is 7.71. The summed E-state index contributed by atoms with van der Waals surface area (Å²) in [4.78, 5) is 18.7. The fourth-order valence-corrected chi connectivity index (χ4v) is 3.52. The highest BCUT2D eigenvalue weighted by Crippen LogP contribution is 2.22. The molecule has 1 unspecified atom stereocenters. The first kappa shape index (κ1) is 21.7. The van der Waals surface area contributed by atoms with Crippen LogP contribution >= 0.6 is 0 Å². The number of amides is 1. The van der Waals surface area contributed by atoms with Crippen molar-refractivity contribution in [1.29, 1.82) is 0 Å². The average Bonchev–Trinajstić information content (AvgIpc) is 3.19. The van der Waals surface area contributed by atoms with Crippen molar-refractivity contribution in [2.45, 2.75) is 45.9 Å². The summed E-state index contributed by atoms with van der Waals surface area (Å²) >= 11 is 0. The predicted octanol–water partition coefficient (Wildman–Crippen LogP) is 3.25. The largest absolute Gasteiger partial charge is 0.489 e. The van der Waals surface area contributed by atoms with Gasteiger partial charge in [0, 0.05) is 33.1 Å².